The Hall–Kier alpha value is -3.39. The number of thiazole rings is 1. The van der Waals surface area contributed by atoms with Gasteiger partial charge in [-0.25, -0.2) is 9.37 Å². The summed E-state index contributed by atoms with van der Waals surface area (Å²) in [5.74, 6) is 0.797. The highest BCUT2D eigenvalue weighted by atomic mass is 32.1. The monoisotopic (exact) mass is 409 g/mol. The van der Waals surface area contributed by atoms with Crippen LogP contribution in [0.3, 0.4) is 0 Å². The fraction of sp³-hybridized carbons (Fsp3) is 0.143. The van der Waals surface area contributed by atoms with Crippen LogP contribution in [0.15, 0.2) is 48.7 Å². The number of nitrogens with zero attached hydrogens (tertiary/aromatic N) is 2. The summed E-state index contributed by atoms with van der Waals surface area (Å²) >= 11 is 1.31. The Labute approximate surface area is 169 Å². The average Bonchev–Trinajstić information content (AvgIpc) is 3.28. The summed E-state index contributed by atoms with van der Waals surface area (Å²) in [5, 5.41) is 2.91. The molecule has 2 aromatic carbocycles. The van der Waals surface area contributed by atoms with Gasteiger partial charge in [0.25, 0.3) is 5.91 Å². The Morgan fingerprint density at radius 3 is 2.66 bits per heavy atom. The van der Waals surface area contributed by atoms with Crippen LogP contribution in [0.2, 0.25) is 0 Å². The largest absolute Gasteiger partial charge is 0.486 e. The van der Waals surface area contributed by atoms with Crippen LogP contribution in [0.4, 0.5) is 10.1 Å². The predicted molar refractivity (Wildman–Crippen MR) is 109 cm³/mol. The quantitative estimate of drug-likeness (QED) is 0.540. The van der Waals surface area contributed by atoms with Crippen molar-refractivity contribution in [1.29, 1.82) is 0 Å². The first-order chi connectivity index (χ1) is 14.1. The molecule has 0 saturated carbocycles. The normalized spacial score (nSPS) is 12.9. The van der Waals surface area contributed by atoms with Crippen LogP contribution >= 0.6 is 11.3 Å². The molecule has 0 saturated heterocycles. The van der Waals surface area contributed by atoms with Crippen LogP contribution < -0.4 is 14.8 Å². The second kappa shape index (κ2) is 6.89. The molecule has 0 bridgehead atoms. The molecule has 1 amide bonds. The highest BCUT2D eigenvalue weighted by Crippen LogP contribution is 2.33. The van der Waals surface area contributed by atoms with E-state index in [2.05, 4.69) is 10.3 Å². The van der Waals surface area contributed by atoms with Crippen molar-refractivity contribution in [2.75, 3.05) is 18.5 Å². The third kappa shape index (κ3) is 3.21. The minimum atomic E-state index is -0.288. The van der Waals surface area contributed by atoms with Crippen molar-refractivity contribution in [2.45, 2.75) is 6.92 Å². The van der Waals surface area contributed by atoms with Crippen LogP contribution in [-0.2, 0) is 0 Å². The van der Waals surface area contributed by atoms with Crippen molar-refractivity contribution in [2.24, 2.45) is 0 Å². The number of rotatable bonds is 3. The third-order valence-electron chi connectivity index (χ3n) is 4.70. The van der Waals surface area contributed by atoms with Gasteiger partial charge < -0.3 is 14.8 Å². The van der Waals surface area contributed by atoms with Gasteiger partial charge in [-0.2, -0.15) is 0 Å². The number of anilines is 1. The maximum atomic E-state index is 13.1. The molecule has 4 aromatic rings. The number of carbonyl (C=O) groups is 1. The number of hydrogen-bond acceptors (Lipinski definition) is 5. The first kappa shape index (κ1) is 17.7. The van der Waals surface area contributed by atoms with E-state index in [9.17, 15) is 9.18 Å². The molecule has 0 radical (unpaired) electrons. The highest BCUT2D eigenvalue weighted by Gasteiger charge is 2.19. The molecule has 146 valence electrons. The van der Waals surface area contributed by atoms with Gasteiger partial charge in [0.15, 0.2) is 16.5 Å². The van der Waals surface area contributed by atoms with Crippen LogP contribution in [-0.4, -0.2) is 28.5 Å². The molecule has 1 N–H and O–H groups in total. The van der Waals surface area contributed by atoms with E-state index in [1.807, 2.05) is 17.5 Å². The van der Waals surface area contributed by atoms with Gasteiger partial charge in [-0.05, 0) is 43.3 Å². The van der Waals surface area contributed by atoms with Gasteiger partial charge in [-0.1, -0.05) is 11.3 Å². The number of benzene rings is 2. The lowest BCUT2D eigenvalue weighted by atomic mass is 10.2. The molecule has 0 aliphatic carbocycles. The maximum absolute atomic E-state index is 13.1. The Balaban J connectivity index is 1.41. The van der Waals surface area contributed by atoms with Crippen molar-refractivity contribution in [3.63, 3.8) is 0 Å². The summed E-state index contributed by atoms with van der Waals surface area (Å²) in [5.41, 5.74) is 2.99. The standard InChI is InChI=1S/C21H16FN3O3S/c1-12-19(20(26)23-15-6-7-17-18(10-15)28-9-8-27-17)29-21-24-16(11-25(12)21)13-2-4-14(22)5-3-13/h2-7,10-11H,8-9H2,1H3,(H,23,26). The molecule has 0 spiro atoms. The molecule has 5 rings (SSSR count). The summed E-state index contributed by atoms with van der Waals surface area (Å²) in [4.78, 5) is 18.7. The molecular formula is C21H16FN3O3S. The number of ether oxygens (including phenoxy) is 2. The zero-order valence-electron chi connectivity index (χ0n) is 15.4. The first-order valence-electron chi connectivity index (χ1n) is 9.04. The third-order valence-corrected chi connectivity index (χ3v) is 5.86. The Morgan fingerprint density at radius 1 is 1.14 bits per heavy atom. The summed E-state index contributed by atoms with van der Waals surface area (Å²) in [6.07, 6.45) is 1.86. The van der Waals surface area contributed by atoms with E-state index in [-0.39, 0.29) is 11.7 Å². The number of halogens is 1. The Kier molecular flexibility index (Phi) is 4.21. The molecule has 0 atom stereocenters. The van der Waals surface area contributed by atoms with Crippen molar-refractivity contribution in [3.05, 3.63) is 65.0 Å². The molecule has 8 heteroatoms. The molecule has 1 aliphatic rings. The lowest BCUT2D eigenvalue weighted by Gasteiger charge is -2.18. The van der Waals surface area contributed by atoms with Gasteiger partial charge >= 0.3 is 0 Å². The topological polar surface area (TPSA) is 64.9 Å². The molecular weight excluding hydrogens is 393 g/mol. The first-order valence-corrected chi connectivity index (χ1v) is 9.85. The van der Waals surface area contributed by atoms with Crippen molar-refractivity contribution in [3.8, 4) is 22.8 Å². The van der Waals surface area contributed by atoms with Gasteiger partial charge in [-0.3, -0.25) is 9.20 Å². The molecule has 2 aromatic heterocycles. The molecule has 1 aliphatic heterocycles. The summed E-state index contributed by atoms with van der Waals surface area (Å²) in [6.45, 7) is 2.88. The second-order valence-corrected chi connectivity index (χ2v) is 7.59. The molecule has 6 nitrogen and oxygen atoms in total. The van der Waals surface area contributed by atoms with E-state index < -0.39 is 0 Å². The number of nitrogens with one attached hydrogen (secondary N) is 1. The second-order valence-electron chi connectivity index (χ2n) is 6.61. The van der Waals surface area contributed by atoms with Gasteiger partial charge in [-0.15, -0.1) is 0 Å². The maximum Gasteiger partial charge on any atom is 0.267 e. The minimum absolute atomic E-state index is 0.210. The van der Waals surface area contributed by atoms with Crippen LogP contribution in [0.1, 0.15) is 15.4 Å². The lowest BCUT2D eigenvalue weighted by Crippen LogP contribution is -2.16. The van der Waals surface area contributed by atoms with E-state index >= 15 is 0 Å². The molecule has 3 heterocycles. The number of amides is 1. The fourth-order valence-electron chi connectivity index (χ4n) is 3.23. The number of aryl methyl sites for hydroxylation is 1. The smallest absolute Gasteiger partial charge is 0.267 e. The van der Waals surface area contributed by atoms with E-state index in [1.54, 1.807) is 30.3 Å². The van der Waals surface area contributed by atoms with Gasteiger partial charge in [0.2, 0.25) is 0 Å². The van der Waals surface area contributed by atoms with Crippen molar-refractivity contribution < 1.29 is 18.7 Å². The van der Waals surface area contributed by atoms with E-state index in [0.29, 0.717) is 40.2 Å². The summed E-state index contributed by atoms with van der Waals surface area (Å²) in [7, 11) is 0. The van der Waals surface area contributed by atoms with Gasteiger partial charge in [0.1, 0.15) is 23.9 Å². The van der Waals surface area contributed by atoms with Gasteiger partial charge in [0, 0.05) is 29.2 Å². The number of aromatic nitrogens is 2. The zero-order valence-corrected chi connectivity index (χ0v) is 16.3. The predicted octanol–water partition coefficient (Wildman–Crippen LogP) is 4.53. The lowest BCUT2D eigenvalue weighted by molar-refractivity contribution is 0.102. The SMILES string of the molecule is Cc1c(C(=O)Nc2ccc3c(c2)OCCO3)sc2nc(-c3ccc(F)cc3)cn12. The van der Waals surface area contributed by atoms with Crippen LogP contribution in [0.5, 0.6) is 11.5 Å². The summed E-state index contributed by atoms with van der Waals surface area (Å²) < 4.78 is 26.1. The fourth-order valence-corrected chi connectivity index (χ4v) is 4.23. The number of carbonyl (C=O) groups excluding carboxylic acids is 1. The Bertz CT molecular complexity index is 1230. The van der Waals surface area contributed by atoms with Gasteiger partial charge in [0.05, 0.1) is 5.69 Å². The number of imidazole rings is 1. The number of fused-ring (bicyclic) bond motifs is 2. The minimum Gasteiger partial charge on any atom is -0.486 e. The molecule has 0 fully saturated rings. The average molecular weight is 409 g/mol. The van der Waals surface area contributed by atoms with E-state index in [1.165, 1.54) is 23.5 Å². The zero-order chi connectivity index (χ0) is 20.0. The van der Waals surface area contributed by atoms with Crippen molar-refractivity contribution in [1.82, 2.24) is 9.38 Å². The van der Waals surface area contributed by atoms with E-state index in [4.69, 9.17) is 9.47 Å². The highest BCUT2D eigenvalue weighted by molar-refractivity contribution is 7.19. The van der Waals surface area contributed by atoms with Crippen LogP contribution in [0, 0.1) is 12.7 Å². The van der Waals surface area contributed by atoms with E-state index in [0.717, 1.165) is 17.0 Å². The van der Waals surface area contributed by atoms with Crippen molar-refractivity contribution >= 4 is 27.9 Å². The summed E-state index contributed by atoms with van der Waals surface area (Å²) in [6, 6.07) is 11.5. The van der Waals surface area contributed by atoms with Crippen LogP contribution in [0.25, 0.3) is 16.2 Å². The Morgan fingerprint density at radius 2 is 1.90 bits per heavy atom. The molecule has 0 unspecified atom stereocenters. The molecule has 29 heavy (non-hydrogen) atoms. The number of hydrogen-bond donors (Lipinski definition) is 1.